The van der Waals surface area contributed by atoms with Crippen LogP contribution in [0.25, 0.3) is 0 Å². The zero-order valence-electron chi connectivity index (χ0n) is 9.70. The van der Waals surface area contributed by atoms with Gasteiger partial charge in [-0.25, -0.2) is 0 Å². The van der Waals surface area contributed by atoms with Crippen LogP contribution >= 0.6 is 0 Å². The lowest BCUT2D eigenvalue weighted by atomic mass is 10.1. The zero-order valence-corrected chi connectivity index (χ0v) is 9.70. The summed E-state index contributed by atoms with van der Waals surface area (Å²) in [5.74, 6) is -0.118. The molecule has 1 saturated heterocycles. The molecule has 0 aliphatic carbocycles. The monoisotopic (exact) mass is 215 g/mol. The van der Waals surface area contributed by atoms with E-state index in [0.29, 0.717) is 19.3 Å². The average Bonchev–Trinajstić information content (AvgIpc) is 2.22. The maximum Gasteiger partial charge on any atom is 0.320 e. The molecule has 1 heterocycles. The number of carbonyl (C=O) groups is 1. The molecule has 0 radical (unpaired) electrons. The third-order valence-corrected chi connectivity index (χ3v) is 2.60. The van der Waals surface area contributed by atoms with E-state index in [1.54, 1.807) is 0 Å². The van der Waals surface area contributed by atoms with E-state index in [-0.39, 0.29) is 5.97 Å². The molecular weight excluding hydrogens is 194 g/mol. The van der Waals surface area contributed by atoms with Crippen molar-refractivity contribution in [1.29, 1.82) is 0 Å². The van der Waals surface area contributed by atoms with Crippen LogP contribution in [0.3, 0.4) is 0 Å². The van der Waals surface area contributed by atoms with E-state index >= 15 is 0 Å². The van der Waals surface area contributed by atoms with Gasteiger partial charge >= 0.3 is 5.97 Å². The van der Waals surface area contributed by atoms with Crippen molar-refractivity contribution in [3.63, 3.8) is 0 Å². The Labute approximate surface area is 91.5 Å². The van der Waals surface area contributed by atoms with E-state index in [2.05, 4.69) is 4.90 Å². The van der Waals surface area contributed by atoms with Gasteiger partial charge in [-0.05, 0) is 26.7 Å². The van der Waals surface area contributed by atoms with Crippen molar-refractivity contribution in [3.05, 3.63) is 0 Å². The summed E-state index contributed by atoms with van der Waals surface area (Å²) in [6.45, 7) is 7.39. The number of likely N-dealkylation sites (tertiary alicyclic amines) is 1. The summed E-state index contributed by atoms with van der Waals surface area (Å²) in [5.41, 5.74) is 0. The summed E-state index contributed by atoms with van der Waals surface area (Å²) in [4.78, 5) is 13.4. The fourth-order valence-electron chi connectivity index (χ4n) is 1.86. The Morgan fingerprint density at radius 1 is 1.27 bits per heavy atom. The van der Waals surface area contributed by atoms with E-state index < -0.39 is 0 Å². The molecule has 1 rings (SSSR count). The molecule has 1 fully saturated rings. The van der Waals surface area contributed by atoms with Crippen molar-refractivity contribution in [1.82, 2.24) is 4.90 Å². The summed E-state index contributed by atoms with van der Waals surface area (Å²) in [6.07, 6.45) is 2.42. The van der Waals surface area contributed by atoms with Gasteiger partial charge in [-0.3, -0.25) is 9.69 Å². The second-order valence-corrected chi connectivity index (χ2v) is 3.74. The van der Waals surface area contributed by atoms with Gasteiger partial charge in [-0.2, -0.15) is 0 Å². The lowest BCUT2D eigenvalue weighted by Gasteiger charge is -2.30. The fourth-order valence-corrected chi connectivity index (χ4v) is 1.86. The molecule has 0 amide bonds. The van der Waals surface area contributed by atoms with Crippen LogP contribution in [0.1, 0.15) is 26.7 Å². The summed E-state index contributed by atoms with van der Waals surface area (Å²) in [6, 6.07) is 0. The maximum absolute atomic E-state index is 11.2. The molecule has 0 atom stereocenters. The van der Waals surface area contributed by atoms with Crippen LogP contribution < -0.4 is 0 Å². The summed E-state index contributed by atoms with van der Waals surface area (Å²) in [5, 5.41) is 0. The first-order valence-corrected chi connectivity index (χ1v) is 5.75. The number of carbonyl (C=O) groups excluding carboxylic acids is 1. The SMILES string of the molecule is CCOC(=O)CN1CCC(OCC)CC1. The van der Waals surface area contributed by atoms with E-state index in [0.717, 1.165) is 32.5 Å². The van der Waals surface area contributed by atoms with Crippen LogP contribution in [0.2, 0.25) is 0 Å². The number of hydrogen-bond acceptors (Lipinski definition) is 4. The van der Waals surface area contributed by atoms with E-state index in [9.17, 15) is 4.79 Å². The minimum Gasteiger partial charge on any atom is -0.465 e. The highest BCUT2D eigenvalue weighted by Crippen LogP contribution is 2.13. The van der Waals surface area contributed by atoms with Gasteiger partial charge in [0.15, 0.2) is 0 Å². The van der Waals surface area contributed by atoms with Gasteiger partial charge in [-0.1, -0.05) is 0 Å². The molecule has 4 nitrogen and oxygen atoms in total. The highest BCUT2D eigenvalue weighted by Gasteiger charge is 2.20. The first kappa shape index (κ1) is 12.5. The number of hydrogen-bond donors (Lipinski definition) is 0. The molecule has 0 spiro atoms. The Kier molecular flexibility index (Phi) is 5.65. The second kappa shape index (κ2) is 6.80. The molecule has 88 valence electrons. The summed E-state index contributed by atoms with van der Waals surface area (Å²) < 4.78 is 10.4. The van der Waals surface area contributed by atoms with Gasteiger partial charge in [0.1, 0.15) is 0 Å². The van der Waals surface area contributed by atoms with E-state index in [1.165, 1.54) is 0 Å². The van der Waals surface area contributed by atoms with Crippen molar-refractivity contribution in [2.75, 3.05) is 32.8 Å². The average molecular weight is 215 g/mol. The third kappa shape index (κ3) is 4.62. The maximum atomic E-state index is 11.2. The number of ether oxygens (including phenoxy) is 2. The van der Waals surface area contributed by atoms with Gasteiger partial charge in [-0.15, -0.1) is 0 Å². The minimum absolute atomic E-state index is 0.118. The first-order chi connectivity index (χ1) is 7.26. The normalized spacial score (nSPS) is 19.1. The Bertz CT molecular complexity index is 188. The molecule has 1 aliphatic rings. The van der Waals surface area contributed by atoms with Crippen molar-refractivity contribution >= 4 is 5.97 Å². The molecule has 4 heteroatoms. The second-order valence-electron chi connectivity index (χ2n) is 3.74. The predicted octanol–water partition coefficient (Wildman–Crippen LogP) is 1.05. The van der Waals surface area contributed by atoms with Crippen LogP contribution in [0.4, 0.5) is 0 Å². The quantitative estimate of drug-likeness (QED) is 0.643. The van der Waals surface area contributed by atoms with Gasteiger partial charge < -0.3 is 9.47 Å². The van der Waals surface area contributed by atoms with Crippen molar-refractivity contribution in [2.24, 2.45) is 0 Å². The molecule has 0 aromatic heterocycles. The molecule has 15 heavy (non-hydrogen) atoms. The molecule has 0 saturated carbocycles. The minimum atomic E-state index is -0.118. The van der Waals surface area contributed by atoms with Crippen LogP contribution in [-0.4, -0.2) is 49.8 Å². The van der Waals surface area contributed by atoms with E-state index in [4.69, 9.17) is 9.47 Å². The highest BCUT2D eigenvalue weighted by molar-refractivity contribution is 5.71. The molecule has 0 N–H and O–H groups in total. The van der Waals surface area contributed by atoms with Gasteiger partial charge in [0.25, 0.3) is 0 Å². The van der Waals surface area contributed by atoms with Gasteiger partial charge in [0.2, 0.25) is 0 Å². The molecular formula is C11H21NO3. The number of nitrogens with zero attached hydrogens (tertiary/aromatic N) is 1. The van der Waals surface area contributed by atoms with Crippen LogP contribution in [0, 0.1) is 0 Å². The lowest BCUT2D eigenvalue weighted by molar-refractivity contribution is -0.145. The van der Waals surface area contributed by atoms with Crippen molar-refractivity contribution < 1.29 is 14.3 Å². The van der Waals surface area contributed by atoms with Crippen LogP contribution in [-0.2, 0) is 14.3 Å². The molecule has 0 unspecified atom stereocenters. The number of rotatable bonds is 5. The Morgan fingerprint density at radius 3 is 2.47 bits per heavy atom. The standard InChI is InChI=1S/C11H21NO3/c1-3-14-10-5-7-12(8-6-10)9-11(13)15-4-2/h10H,3-9H2,1-2H3. The van der Waals surface area contributed by atoms with Crippen molar-refractivity contribution in [2.45, 2.75) is 32.8 Å². The smallest absolute Gasteiger partial charge is 0.320 e. The van der Waals surface area contributed by atoms with Gasteiger partial charge in [0, 0.05) is 19.7 Å². The lowest BCUT2D eigenvalue weighted by Crippen LogP contribution is -2.40. The number of esters is 1. The number of piperidine rings is 1. The topological polar surface area (TPSA) is 38.8 Å². The van der Waals surface area contributed by atoms with Crippen molar-refractivity contribution in [3.8, 4) is 0 Å². The zero-order chi connectivity index (χ0) is 11.1. The molecule has 0 aromatic carbocycles. The van der Waals surface area contributed by atoms with Crippen LogP contribution in [0.15, 0.2) is 0 Å². The third-order valence-electron chi connectivity index (χ3n) is 2.60. The molecule has 0 aromatic rings. The fraction of sp³-hybridized carbons (Fsp3) is 0.909. The van der Waals surface area contributed by atoms with Gasteiger partial charge in [0.05, 0.1) is 19.3 Å². The van der Waals surface area contributed by atoms with Crippen LogP contribution in [0.5, 0.6) is 0 Å². The molecule has 0 bridgehead atoms. The Hall–Kier alpha value is -0.610. The summed E-state index contributed by atoms with van der Waals surface area (Å²) in [7, 11) is 0. The molecule has 1 aliphatic heterocycles. The Morgan fingerprint density at radius 2 is 1.93 bits per heavy atom. The predicted molar refractivity (Wildman–Crippen MR) is 57.7 cm³/mol. The Balaban J connectivity index is 2.16. The highest BCUT2D eigenvalue weighted by atomic mass is 16.5. The first-order valence-electron chi connectivity index (χ1n) is 5.75. The largest absolute Gasteiger partial charge is 0.465 e. The van der Waals surface area contributed by atoms with E-state index in [1.807, 2.05) is 13.8 Å². The summed E-state index contributed by atoms with van der Waals surface area (Å²) >= 11 is 0.